The highest BCUT2D eigenvalue weighted by Crippen LogP contribution is 2.48. The molecule has 0 aliphatic carbocycles. The molecule has 0 bridgehead atoms. The van der Waals surface area contributed by atoms with Crippen molar-refractivity contribution in [2.24, 2.45) is 5.92 Å². The Morgan fingerprint density at radius 2 is 1.72 bits per heavy atom. The number of hydrogen-bond acceptors (Lipinski definition) is 4. The normalized spacial score (nSPS) is 20.0. The van der Waals surface area contributed by atoms with Crippen molar-refractivity contribution in [3.63, 3.8) is 0 Å². The zero-order chi connectivity index (χ0) is 27.7. The van der Waals surface area contributed by atoms with Crippen molar-refractivity contribution < 1.29 is 27.8 Å². The Labute approximate surface area is 225 Å². The smallest absolute Gasteiger partial charge is 0.416 e. The van der Waals surface area contributed by atoms with Gasteiger partial charge in [-0.1, -0.05) is 11.8 Å². The van der Waals surface area contributed by atoms with Crippen LogP contribution in [0.4, 0.5) is 29.3 Å². The topological polar surface area (TPSA) is 65.0 Å². The van der Waals surface area contributed by atoms with Crippen LogP contribution in [0.2, 0.25) is 0 Å². The summed E-state index contributed by atoms with van der Waals surface area (Å²) < 4.78 is 44.0. The molecule has 2 amide bonds. The Balaban J connectivity index is 1.43. The lowest BCUT2D eigenvalue weighted by Crippen LogP contribution is -2.48. The first-order chi connectivity index (χ1) is 18.7. The largest absolute Gasteiger partial charge is 0.497 e. The van der Waals surface area contributed by atoms with Gasteiger partial charge in [-0.25, -0.2) is 4.79 Å². The monoisotopic (exact) mass is 535 g/mol. The third-order valence-electron chi connectivity index (χ3n) is 7.52. The number of rotatable bonds is 3. The van der Waals surface area contributed by atoms with Gasteiger partial charge in [0.15, 0.2) is 0 Å². The second-order valence-corrected chi connectivity index (χ2v) is 9.71. The van der Waals surface area contributed by atoms with Gasteiger partial charge >= 0.3 is 12.2 Å². The summed E-state index contributed by atoms with van der Waals surface area (Å²) in [7, 11) is 3.54. The van der Waals surface area contributed by atoms with Gasteiger partial charge in [0, 0.05) is 42.0 Å². The Hall–Kier alpha value is -4.16. The number of fused-ring (bicyclic) bond motifs is 3. The van der Waals surface area contributed by atoms with E-state index in [1.807, 2.05) is 49.5 Å². The van der Waals surface area contributed by atoms with E-state index >= 15 is 0 Å². The molecule has 0 spiro atoms. The number of carbonyl (C=O) groups is 1. The molecule has 3 atom stereocenters. The number of halogens is 3. The number of likely N-dealkylation sites (N-methyl/N-ethyl adjacent to an activating group) is 1. The number of nitrogens with zero attached hydrogens (tertiary/aromatic N) is 2. The Morgan fingerprint density at radius 1 is 1.05 bits per heavy atom. The summed E-state index contributed by atoms with van der Waals surface area (Å²) in [5.41, 5.74) is 2.95. The number of likely N-dealkylation sites (tertiary alicyclic amines) is 1. The zero-order valence-corrected chi connectivity index (χ0v) is 21.5. The predicted octanol–water partition coefficient (Wildman–Crippen LogP) is 5.52. The number of carbonyl (C=O) groups excluding carboxylic acids is 1. The maximum Gasteiger partial charge on any atom is 0.416 e. The Kier molecular flexibility index (Phi) is 7.15. The van der Waals surface area contributed by atoms with Gasteiger partial charge in [0.2, 0.25) is 0 Å². The molecule has 1 saturated heterocycles. The van der Waals surface area contributed by atoms with Crippen molar-refractivity contribution in [3.05, 3.63) is 89.0 Å². The van der Waals surface area contributed by atoms with Crippen molar-refractivity contribution in [2.75, 3.05) is 37.5 Å². The van der Waals surface area contributed by atoms with E-state index in [9.17, 15) is 23.1 Å². The van der Waals surface area contributed by atoms with Crippen molar-refractivity contribution >= 4 is 17.4 Å². The number of methoxy groups -OCH3 is 1. The molecular weight excluding hydrogens is 507 g/mol. The van der Waals surface area contributed by atoms with Crippen molar-refractivity contribution in [2.45, 2.75) is 24.7 Å². The van der Waals surface area contributed by atoms with Crippen LogP contribution in [0.15, 0.2) is 66.7 Å². The number of anilines is 2. The van der Waals surface area contributed by atoms with Gasteiger partial charge in [-0.05, 0) is 78.7 Å². The summed E-state index contributed by atoms with van der Waals surface area (Å²) in [5, 5.41) is 13.0. The highest BCUT2D eigenvalue weighted by molar-refractivity contribution is 5.90. The van der Waals surface area contributed by atoms with Crippen molar-refractivity contribution in [3.8, 4) is 17.6 Å². The summed E-state index contributed by atoms with van der Waals surface area (Å²) in [6.07, 6.45) is -3.77. The molecule has 2 aliphatic rings. The van der Waals surface area contributed by atoms with Crippen molar-refractivity contribution in [1.29, 1.82) is 0 Å². The van der Waals surface area contributed by atoms with Gasteiger partial charge < -0.3 is 25.0 Å². The molecular formula is C30H28F3N3O3. The summed E-state index contributed by atoms with van der Waals surface area (Å²) in [4.78, 5) is 17.1. The zero-order valence-electron chi connectivity index (χ0n) is 21.5. The van der Waals surface area contributed by atoms with Gasteiger partial charge in [-0.2, -0.15) is 13.2 Å². The number of amides is 2. The van der Waals surface area contributed by atoms with E-state index in [2.05, 4.69) is 22.1 Å². The van der Waals surface area contributed by atoms with Crippen LogP contribution >= 0.6 is 0 Å². The summed E-state index contributed by atoms with van der Waals surface area (Å²) in [6, 6.07) is 16.8. The third-order valence-corrected chi connectivity index (χ3v) is 7.52. The van der Waals surface area contributed by atoms with Gasteiger partial charge in [-0.3, -0.25) is 0 Å². The molecule has 3 aromatic carbocycles. The average molecular weight is 536 g/mol. The second kappa shape index (κ2) is 10.5. The van der Waals surface area contributed by atoms with E-state index in [0.29, 0.717) is 13.0 Å². The lowest BCUT2D eigenvalue weighted by atomic mass is 9.81. The number of alkyl halides is 3. The number of urea groups is 1. The maximum absolute atomic E-state index is 13.4. The molecule has 0 unspecified atom stereocenters. The van der Waals surface area contributed by atoms with Crippen LogP contribution in [0, 0.1) is 17.8 Å². The molecule has 9 heteroatoms. The number of nitrogens with one attached hydrogen (secondary N) is 1. The highest BCUT2D eigenvalue weighted by Gasteiger charge is 2.47. The molecule has 6 nitrogen and oxygen atoms in total. The van der Waals surface area contributed by atoms with Crippen LogP contribution < -0.4 is 15.0 Å². The SMILES string of the molecule is COc1ccc(C#Cc2ccc3c(c2)[C@H]2[C@H](CCN2C(=O)Nc2ccc(C(F)(F)F)cc2)[C@H](CO)N3C)cc1. The first kappa shape index (κ1) is 26.4. The Bertz CT molecular complexity index is 1410. The molecule has 1 fully saturated rings. The van der Waals surface area contributed by atoms with E-state index in [0.717, 1.165) is 40.3 Å². The summed E-state index contributed by atoms with van der Waals surface area (Å²) >= 11 is 0. The minimum absolute atomic E-state index is 0.0179. The van der Waals surface area contributed by atoms with E-state index in [4.69, 9.17) is 4.74 Å². The summed E-state index contributed by atoms with van der Waals surface area (Å²) in [6.45, 7) is 0.387. The average Bonchev–Trinajstić information content (AvgIpc) is 3.37. The fraction of sp³-hybridized carbons (Fsp3) is 0.300. The molecule has 0 saturated carbocycles. The van der Waals surface area contributed by atoms with Gasteiger partial charge in [0.1, 0.15) is 5.75 Å². The first-order valence-corrected chi connectivity index (χ1v) is 12.6. The van der Waals surface area contributed by atoms with Crippen LogP contribution in [-0.2, 0) is 6.18 Å². The van der Waals surface area contributed by atoms with Crippen molar-refractivity contribution in [1.82, 2.24) is 4.90 Å². The molecule has 0 aromatic heterocycles. The predicted molar refractivity (Wildman–Crippen MR) is 143 cm³/mol. The fourth-order valence-corrected chi connectivity index (χ4v) is 5.52. The minimum Gasteiger partial charge on any atom is -0.497 e. The van der Waals surface area contributed by atoms with Crippen LogP contribution in [-0.4, -0.2) is 49.4 Å². The van der Waals surface area contributed by atoms with E-state index in [1.54, 1.807) is 12.0 Å². The van der Waals surface area contributed by atoms with Gasteiger partial charge in [-0.15, -0.1) is 0 Å². The lowest BCUT2D eigenvalue weighted by molar-refractivity contribution is -0.137. The second-order valence-electron chi connectivity index (χ2n) is 9.71. The highest BCUT2D eigenvalue weighted by atomic mass is 19.4. The number of hydrogen-bond donors (Lipinski definition) is 2. The van der Waals surface area contributed by atoms with Gasteiger partial charge in [0.05, 0.1) is 31.4 Å². The lowest BCUT2D eigenvalue weighted by Gasteiger charge is -2.44. The van der Waals surface area contributed by atoms with E-state index in [-0.39, 0.29) is 30.3 Å². The molecule has 2 heterocycles. The molecule has 2 aliphatic heterocycles. The third kappa shape index (κ3) is 5.25. The standard InChI is InChI=1S/C30H28F3N3O3/c1-35-26-14-7-20(4-3-19-5-12-23(39-2)13-6-19)17-25(26)28-24(27(35)18-37)15-16-36(28)29(38)34-22-10-8-21(9-11-22)30(31,32)33/h5-14,17,24,27-28,37H,15-16,18H2,1-2H3,(H,34,38)/t24-,27+,28-/m1/s1. The molecule has 202 valence electrons. The van der Waals surface area contributed by atoms with Crippen LogP contribution in [0.3, 0.4) is 0 Å². The summed E-state index contributed by atoms with van der Waals surface area (Å²) in [5.74, 6) is 7.09. The quantitative estimate of drug-likeness (QED) is 0.434. The molecule has 5 rings (SSSR count). The number of benzene rings is 3. The van der Waals surface area contributed by atoms with E-state index < -0.39 is 17.8 Å². The van der Waals surface area contributed by atoms with Gasteiger partial charge in [0.25, 0.3) is 0 Å². The van der Waals surface area contributed by atoms with Crippen LogP contribution in [0.5, 0.6) is 5.75 Å². The molecule has 39 heavy (non-hydrogen) atoms. The van der Waals surface area contributed by atoms with E-state index in [1.165, 1.54) is 12.1 Å². The molecule has 3 aromatic rings. The minimum atomic E-state index is -4.45. The maximum atomic E-state index is 13.4. The van der Waals surface area contributed by atoms with Crippen LogP contribution in [0.1, 0.15) is 34.7 Å². The molecule has 2 N–H and O–H groups in total. The number of aliphatic hydroxyl groups is 1. The number of aliphatic hydroxyl groups excluding tert-OH is 1. The fourth-order valence-electron chi connectivity index (χ4n) is 5.52. The first-order valence-electron chi connectivity index (χ1n) is 12.6. The number of ether oxygens (including phenoxy) is 1. The Morgan fingerprint density at radius 3 is 2.36 bits per heavy atom. The molecule has 0 radical (unpaired) electrons. The van der Waals surface area contributed by atoms with Crippen LogP contribution in [0.25, 0.3) is 0 Å².